The Kier molecular flexibility index (Phi) is 5.82. The Morgan fingerprint density at radius 1 is 1.32 bits per heavy atom. The van der Waals surface area contributed by atoms with E-state index in [0.29, 0.717) is 11.4 Å². The number of amides is 1. The summed E-state index contributed by atoms with van der Waals surface area (Å²) in [5.41, 5.74) is 0.449. The van der Waals surface area contributed by atoms with Crippen LogP contribution in [0.4, 0.5) is 0 Å². The minimum absolute atomic E-state index is 0.0424. The number of alkyl halides is 1. The highest BCUT2D eigenvalue weighted by atomic mass is 35.5. The van der Waals surface area contributed by atoms with Gasteiger partial charge in [-0.05, 0) is 44.0 Å². The second-order valence-electron chi connectivity index (χ2n) is 4.50. The van der Waals surface area contributed by atoms with Crippen LogP contribution < -0.4 is 5.32 Å². The number of carbonyl (C=O) groups is 1. The lowest BCUT2D eigenvalue weighted by molar-refractivity contribution is 0.0938. The molecule has 4 nitrogen and oxygen atoms in total. The topological polar surface area (TPSA) is 63.2 Å². The molecule has 0 fully saturated rings. The van der Waals surface area contributed by atoms with E-state index in [1.807, 2.05) is 6.92 Å². The maximum Gasteiger partial charge on any atom is 0.251 e. The Morgan fingerprint density at radius 3 is 2.37 bits per heavy atom. The first-order valence-electron chi connectivity index (χ1n) is 6.01. The molecule has 0 saturated heterocycles. The average molecular weight is 304 g/mol. The van der Waals surface area contributed by atoms with Crippen LogP contribution in [-0.2, 0) is 9.84 Å². The molecule has 19 heavy (non-hydrogen) atoms. The van der Waals surface area contributed by atoms with Crippen molar-refractivity contribution in [1.29, 1.82) is 0 Å². The summed E-state index contributed by atoms with van der Waals surface area (Å²) in [7, 11) is -3.23. The van der Waals surface area contributed by atoms with Gasteiger partial charge in [-0.25, -0.2) is 8.42 Å². The molecule has 1 aromatic rings. The molecule has 1 atom stereocenters. The molecule has 0 aliphatic carbocycles. The summed E-state index contributed by atoms with van der Waals surface area (Å²) in [6, 6.07) is 5.95. The third-order valence-corrected chi connectivity index (χ3v) is 4.09. The molecule has 1 amide bonds. The molecule has 0 spiro atoms. The number of nitrogens with one attached hydrogen (secondary N) is 1. The second-order valence-corrected chi connectivity index (χ2v) is 6.90. The zero-order chi connectivity index (χ0) is 14.5. The highest BCUT2D eigenvalue weighted by molar-refractivity contribution is 7.90. The van der Waals surface area contributed by atoms with Gasteiger partial charge in [-0.2, -0.15) is 0 Å². The molecule has 1 rings (SSSR count). The number of hydrogen-bond donors (Lipinski definition) is 1. The normalized spacial score (nSPS) is 13.0. The lowest BCUT2D eigenvalue weighted by Gasteiger charge is -2.13. The fourth-order valence-electron chi connectivity index (χ4n) is 1.62. The number of hydrogen-bond acceptors (Lipinski definition) is 3. The smallest absolute Gasteiger partial charge is 0.251 e. The van der Waals surface area contributed by atoms with Crippen molar-refractivity contribution in [2.24, 2.45) is 0 Å². The molecular weight excluding hydrogens is 286 g/mol. The molecule has 0 bridgehead atoms. The van der Waals surface area contributed by atoms with Crippen LogP contribution in [0.3, 0.4) is 0 Å². The predicted octanol–water partition coefficient (Wildman–Crippen LogP) is 2.23. The summed E-state index contributed by atoms with van der Waals surface area (Å²) in [5, 5.41) is 2.84. The van der Waals surface area contributed by atoms with Crippen molar-refractivity contribution in [3.05, 3.63) is 29.8 Å². The number of sulfone groups is 1. The van der Waals surface area contributed by atoms with E-state index in [9.17, 15) is 13.2 Å². The first-order valence-corrected chi connectivity index (χ1v) is 8.44. The van der Waals surface area contributed by atoms with Crippen molar-refractivity contribution < 1.29 is 13.2 Å². The molecule has 0 radical (unpaired) electrons. The van der Waals surface area contributed by atoms with Crippen LogP contribution in [0.15, 0.2) is 29.2 Å². The fourth-order valence-corrected chi connectivity index (χ4v) is 2.40. The quantitative estimate of drug-likeness (QED) is 0.820. The van der Waals surface area contributed by atoms with Crippen LogP contribution in [0, 0.1) is 0 Å². The van der Waals surface area contributed by atoms with Crippen LogP contribution >= 0.6 is 11.6 Å². The minimum atomic E-state index is -3.23. The number of halogens is 1. The highest BCUT2D eigenvalue weighted by Crippen LogP contribution is 2.10. The van der Waals surface area contributed by atoms with Crippen molar-refractivity contribution in [1.82, 2.24) is 5.32 Å². The van der Waals surface area contributed by atoms with E-state index in [1.54, 1.807) is 0 Å². The maximum absolute atomic E-state index is 11.9. The standard InChI is InChI=1S/C13H18ClNO3S/c1-10(4-3-9-14)15-13(16)11-5-7-12(8-6-11)19(2,17)18/h5-8,10H,3-4,9H2,1-2H3,(H,15,16). The van der Waals surface area contributed by atoms with Gasteiger partial charge in [0.2, 0.25) is 0 Å². The molecule has 0 aliphatic heterocycles. The van der Waals surface area contributed by atoms with Gasteiger partial charge in [-0.15, -0.1) is 11.6 Å². The molecule has 1 N–H and O–H groups in total. The molecule has 1 aromatic carbocycles. The van der Waals surface area contributed by atoms with Gasteiger partial charge < -0.3 is 5.32 Å². The molecule has 0 saturated carbocycles. The zero-order valence-electron chi connectivity index (χ0n) is 11.0. The monoisotopic (exact) mass is 303 g/mol. The van der Waals surface area contributed by atoms with Gasteiger partial charge in [-0.1, -0.05) is 0 Å². The number of carbonyl (C=O) groups excluding carboxylic acids is 1. The van der Waals surface area contributed by atoms with Crippen molar-refractivity contribution in [3.8, 4) is 0 Å². The third-order valence-electron chi connectivity index (χ3n) is 2.69. The van der Waals surface area contributed by atoms with E-state index in [1.165, 1.54) is 24.3 Å². The van der Waals surface area contributed by atoms with E-state index in [2.05, 4.69) is 5.32 Å². The Labute approximate surface area is 119 Å². The molecule has 0 aromatic heterocycles. The van der Waals surface area contributed by atoms with Gasteiger partial charge in [-0.3, -0.25) is 4.79 Å². The summed E-state index contributed by atoms with van der Waals surface area (Å²) >= 11 is 5.59. The van der Waals surface area contributed by atoms with Crippen LogP contribution in [0.25, 0.3) is 0 Å². The summed E-state index contributed by atoms with van der Waals surface area (Å²) in [6.07, 6.45) is 2.79. The van der Waals surface area contributed by atoms with Crippen LogP contribution in [-0.4, -0.2) is 32.5 Å². The Balaban J connectivity index is 2.68. The minimum Gasteiger partial charge on any atom is -0.350 e. The number of benzene rings is 1. The van der Waals surface area contributed by atoms with Gasteiger partial charge in [0.25, 0.3) is 5.91 Å². The van der Waals surface area contributed by atoms with Crippen molar-refractivity contribution in [2.75, 3.05) is 12.1 Å². The zero-order valence-corrected chi connectivity index (χ0v) is 12.6. The largest absolute Gasteiger partial charge is 0.350 e. The Hall–Kier alpha value is -1.07. The van der Waals surface area contributed by atoms with E-state index < -0.39 is 9.84 Å². The van der Waals surface area contributed by atoms with Gasteiger partial charge in [0.1, 0.15) is 0 Å². The lowest BCUT2D eigenvalue weighted by atomic mass is 10.1. The molecule has 0 aliphatic rings. The maximum atomic E-state index is 11.9. The van der Waals surface area contributed by atoms with Gasteiger partial charge in [0, 0.05) is 23.7 Å². The van der Waals surface area contributed by atoms with Gasteiger partial charge >= 0.3 is 0 Å². The second kappa shape index (κ2) is 6.91. The summed E-state index contributed by atoms with van der Waals surface area (Å²) < 4.78 is 22.6. The third kappa shape index (κ3) is 5.20. The van der Waals surface area contributed by atoms with E-state index >= 15 is 0 Å². The average Bonchev–Trinajstić information content (AvgIpc) is 2.35. The van der Waals surface area contributed by atoms with E-state index in [4.69, 9.17) is 11.6 Å². The first-order chi connectivity index (χ1) is 8.84. The van der Waals surface area contributed by atoms with Crippen LogP contribution in [0.5, 0.6) is 0 Å². The van der Waals surface area contributed by atoms with Gasteiger partial charge in [0.15, 0.2) is 9.84 Å². The first kappa shape index (κ1) is 16.0. The van der Waals surface area contributed by atoms with Crippen molar-refractivity contribution in [3.63, 3.8) is 0 Å². The summed E-state index contributed by atoms with van der Waals surface area (Å²) in [6.45, 7) is 1.91. The van der Waals surface area contributed by atoms with Crippen molar-refractivity contribution in [2.45, 2.75) is 30.7 Å². The fraction of sp³-hybridized carbons (Fsp3) is 0.462. The summed E-state index contributed by atoms with van der Waals surface area (Å²) in [5.74, 6) is 0.366. The van der Waals surface area contributed by atoms with E-state index in [0.717, 1.165) is 19.1 Å². The van der Waals surface area contributed by atoms with Crippen molar-refractivity contribution >= 4 is 27.3 Å². The number of rotatable bonds is 6. The highest BCUT2D eigenvalue weighted by Gasteiger charge is 2.11. The Bertz CT molecular complexity index is 525. The molecule has 0 heterocycles. The molecule has 1 unspecified atom stereocenters. The molecule has 106 valence electrons. The lowest BCUT2D eigenvalue weighted by Crippen LogP contribution is -2.32. The summed E-state index contributed by atoms with van der Waals surface area (Å²) in [4.78, 5) is 12.1. The Morgan fingerprint density at radius 2 is 1.89 bits per heavy atom. The van der Waals surface area contributed by atoms with Crippen LogP contribution in [0.2, 0.25) is 0 Å². The molecule has 6 heteroatoms. The van der Waals surface area contributed by atoms with E-state index in [-0.39, 0.29) is 16.8 Å². The molecular formula is C13H18ClNO3S. The van der Waals surface area contributed by atoms with Gasteiger partial charge in [0.05, 0.1) is 4.90 Å². The SMILES string of the molecule is CC(CCCCl)NC(=O)c1ccc(S(C)(=O)=O)cc1. The van der Waals surface area contributed by atoms with Crippen LogP contribution in [0.1, 0.15) is 30.1 Å². The predicted molar refractivity (Wildman–Crippen MR) is 76.4 cm³/mol.